The third kappa shape index (κ3) is 5.92. The summed E-state index contributed by atoms with van der Waals surface area (Å²) < 4.78 is 50.5. The number of hydrogen-bond donors (Lipinski definition) is 1. The molecular formula is C21H19FN2O6S. The van der Waals surface area contributed by atoms with Crippen LogP contribution in [0, 0.1) is 5.82 Å². The number of carbonyl (C=O) groups is 2. The lowest BCUT2D eigenvalue weighted by atomic mass is 10.2. The number of hydrogen-bond acceptors (Lipinski definition) is 6. The summed E-state index contributed by atoms with van der Waals surface area (Å²) in [5.74, 6) is -1.23. The summed E-state index contributed by atoms with van der Waals surface area (Å²) in [7, 11) is -2.49. The van der Waals surface area contributed by atoms with Gasteiger partial charge in [0.2, 0.25) is 0 Å². The Kier molecular flexibility index (Phi) is 6.71. The van der Waals surface area contributed by atoms with E-state index in [1.807, 2.05) is 0 Å². The summed E-state index contributed by atoms with van der Waals surface area (Å²) in [4.78, 5) is 25.6. The summed E-state index contributed by atoms with van der Waals surface area (Å²) in [5.41, 5.74) is 0.128. The number of esters is 1. The number of nitrogens with zero attached hydrogens (tertiary/aromatic N) is 1. The Morgan fingerprint density at radius 2 is 1.84 bits per heavy atom. The fourth-order valence-electron chi connectivity index (χ4n) is 2.57. The lowest BCUT2D eigenvalue weighted by Gasteiger charge is -2.15. The summed E-state index contributed by atoms with van der Waals surface area (Å²) in [6, 6.07) is 13.4. The smallest absolute Gasteiger partial charge is 0.338 e. The van der Waals surface area contributed by atoms with E-state index in [1.54, 1.807) is 12.1 Å². The van der Waals surface area contributed by atoms with Gasteiger partial charge in [-0.2, -0.15) is 0 Å². The molecule has 0 saturated heterocycles. The zero-order chi connectivity index (χ0) is 22.4. The summed E-state index contributed by atoms with van der Waals surface area (Å²) in [6.45, 7) is -0.299. The van der Waals surface area contributed by atoms with Gasteiger partial charge in [0.25, 0.3) is 15.9 Å². The highest BCUT2D eigenvalue weighted by molar-refractivity contribution is 7.92. The van der Waals surface area contributed by atoms with Gasteiger partial charge in [0, 0.05) is 12.7 Å². The minimum Gasteiger partial charge on any atom is -0.467 e. The second-order valence-corrected chi connectivity index (χ2v) is 8.23. The van der Waals surface area contributed by atoms with E-state index < -0.39 is 34.3 Å². The number of ether oxygens (including phenoxy) is 1. The molecule has 0 spiro atoms. The van der Waals surface area contributed by atoms with Gasteiger partial charge in [0.05, 0.1) is 23.3 Å². The molecule has 1 heterocycles. The minimum absolute atomic E-state index is 0.0385. The number of amides is 1. The molecule has 8 nitrogen and oxygen atoms in total. The van der Waals surface area contributed by atoms with E-state index in [9.17, 15) is 22.4 Å². The maximum atomic E-state index is 13.0. The van der Waals surface area contributed by atoms with E-state index in [-0.39, 0.29) is 22.7 Å². The van der Waals surface area contributed by atoms with Gasteiger partial charge in [-0.05, 0) is 54.6 Å². The van der Waals surface area contributed by atoms with Crippen molar-refractivity contribution in [3.05, 3.63) is 84.1 Å². The topological polar surface area (TPSA) is 106 Å². The fraction of sp³-hybridized carbons (Fsp3) is 0.143. The van der Waals surface area contributed by atoms with Gasteiger partial charge in [0.1, 0.15) is 11.6 Å². The maximum absolute atomic E-state index is 13.0. The molecule has 1 N–H and O–H groups in total. The van der Waals surface area contributed by atoms with Crippen molar-refractivity contribution < 1.29 is 31.6 Å². The van der Waals surface area contributed by atoms with Crippen LogP contribution in [0.2, 0.25) is 0 Å². The first-order chi connectivity index (χ1) is 14.7. The van der Waals surface area contributed by atoms with Crippen LogP contribution in [-0.4, -0.2) is 38.8 Å². The van der Waals surface area contributed by atoms with Crippen molar-refractivity contribution in [1.82, 2.24) is 4.90 Å². The van der Waals surface area contributed by atoms with E-state index in [2.05, 4.69) is 4.72 Å². The molecule has 10 heteroatoms. The Balaban J connectivity index is 1.62. The number of halogens is 1. The van der Waals surface area contributed by atoms with Crippen molar-refractivity contribution in [2.24, 2.45) is 0 Å². The number of rotatable bonds is 8. The van der Waals surface area contributed by atoms with Gasteiger partial charge in [-0.1, -0.05) is 6.07 Å². The Labute approximate surface area is 178 Å². The molecule has 31 heavy (non-hydrogen) atoms. The van der Waals surface area contributed by atoms with Crippen LogP contribution in [0.25, 0.3) is 0 Å². The highest BCUT2D eigenvalue weighted by atomic mass is 32.2. The fourth-order valence-corrected chi connectivity index (χ4v) is 3.67. The Morgan fingerprint density at radius 1 is 1.10 bits per heavy atom. The molecule has 162 valence electrons. The number of nitrogens with one attached hydrogen (secondary N) is 1. The lowest BCUT2D eigenvalue weighted by Crippen LogP contribution is -2.30. The van der Waals surface area contributed by atoms with Crippen LogP contribution in [0.15, 0.2) is 76.2 Å². The molecule has 0 atom stereocenters. The van der Waals surface area contributed by atoms with E-state index in [0.717, 1.165) is 18.2 Å². The van der Waals surface area contributed by atoms with Crippen molar-refractivity contribution in [3.63, 3.8) is 0 Å². The first-order valence-electron chi connectivity index (χ1n) is 9.06. The molecule has 2 aromatic carbocycles. The van der Waals surface area contributed by atoms with E-state index in [1.165, 1.54) is 48.5 Å². The Bertz CT molecular complexity index is 1160. The van der Waals surface area contributed by atoms with Crippen LogP contribution < -0.4 is 4.72 Å². The molecular weight excluding hydrogens is 427 g/mol. The van der Waals surface area contributed by atoms with Gasteiger partial charge >= 0.3 is 5.97 Å². The standard InChI is InChI=1S/C21H19FN2O6S/c1-24(13-18-5-3-11-29-18)20(25)14-30-21(26)15-4-2-6-19(12-15)31(27,28)23-17-9-7-16(22)8-10-17/h2-12,23H,13-14H2,1H3. The molecule has 0 bridgehead atoms. The molecule has 0 aliphatic heterocycles. The molecule has 0 aliphatic carbocycles. The monoisotopic (exact) mass is 446 g/mol. The van der Waals surface area contributed by atoms with E-state index in [4.69, 9.17) is 9.15 Å². The van der Waals surface area contributed by atoms with Gasteiger partial charge in [-0.25, -0.2) is 17.6 Å². The molecule has 0 saturated carbocycles. The van der Waals surface area contributed by atoms with Crippen LogP contribution in [0.4, 0.5) is 10.1 Å². The molecule has 0 fully saturated rings. The molecule has 3 rings (SSSR count). The van der Waals surface area contributed by atoms with Gasteiger partial charge in [-0.15, -0.1) is 0 Å². The van der Waals surface area contributed by atoms with Crippen molar-refractivity contribution in [2.75, 3.05) is 18.4 Å². The van der Waals surface area contributed by atoms with Crippen LogP contribution >= 0.6 is 0 Å². The second-order valence-electron chi connectivity index (χ2n) is 6.55. The normalized spacial score (nSPS) is 11.0. The number of furan rings is 1. The lowest BCUT2D eigenvalue weighted by molar-refractivity contribution is -0.133. The molecule has 1 aromatic heterocycles. The van der Waals surface area contributed by atoms with Gasteiger partial charge in [-0.3, -0.25) is 9.52 Å². The number of carbonyl (C=O) groups excluding carboxylic acids is 2. The molecule has 0 radical (unpaired) electrons. The number of benzene rings is 2. The number of sulfonamides is 1. The van der Waals surface area contributed by atoms with Gasteiger partial charge in [0.15, 0.2) is 6.61 Å². The average molecular weight is 446 g/mol. The van der Waals surface area contributed by atoms with Crippen LogP contribution in [0.3, 0.4) is 0 Å². The van der Waals surface area contributed by atoms with Crippen molar-refractivity contribution in [2.45, 2.75) is 11.4 Å². The maximum Gasteiger partial charge on any atom is 0.338 e. The second kappa shape index (κ2) is 9.43. The first-order valence-corrected chi connectivity index (χ1v) is 10.5. The minimum atomic E-state index is -4.02. The zero-order valence-corrected chi connectivity index (χ0v) is 17.3. The average Bonchev–Trinajstić information content (AvgIpc) is 3.26. The highest BCUT2D eigenvalue weighted by Crippen LogP contribution is 2.18. The quantitative estimate of drug-likeness (QED) is 0.533. The van der Waals surface area contributed by atoms with Crippen molar-refractivity contribution >= 4 is 27.6 Å². The van der Waals surface area contributed by atoms with Gasteiger partial charge < -0.3 is 14.1 Å². The first kappa shape index (κ1) is 22.0. The highest BCUT2D eigenvalue weighted by Gasteiger charge is 2.19. The van der Waals surface area contributed by atoms with Crippen LogP contribution in [0.1, 0.15) is 16.1 Å². The summed E-state index contributed by atoms with van der Waals surface area (Å²) in [6.07, 6.45) is 1.49. The molecule has 0 unspecified atom stereocenters. The third-order valence-corrected chi connectivity index (χ3v) is 5.58. The van der Waals surface area contributed by atoms with Crippen molar-refractivity contribution in [3.8, 4) is 0 Å². The summed E-state index contributed by atoms with van der Waals surface area (Å²) >= 11 is 0. The molecule has 1 amide bonds. The Morgan fingerprint density at radius 3 is 2.52 bits per heavy atom. The molecule has 3 aromatic rings. The predicted octanol–water partition coefficient (Wildman–Crippen LogP) is 3.03. The zero-order valence-electron chi connectivity index (χ0n) is 16.4. The Hall–Kier alpha value is -3.66. The van der Waals surface area contributed by atoms with E-state index in [0.29, 0.717) is 5.76 Å². The summed E-state index contributed by atoms with van der Waals surface area (Å²) in [5, 5.41) is 0. The largest absolute Gasteiger partial charge is 0.467 e. The SMILES string of the molecule is CN(Cc1ccco1)C(=O)COC(=O)c1cccc(S(=O)(=O)Nc2ccc(F)cc2)c1. The molecule has 0 aliphatic rings. The predicted molar refractivity (Wildman–Crippen MR) is 109 cm³/mol. The van der Waals surface area contributed by atoms with E-state index >= 15 is 0 Å². The number of likely N-dealkylation sites (N-methyl/N-ethyl adjacent to an activating group) is 1. The van der Waals surface area contributed by atoms with Crippen molar-refractivity contribution in [1.29, 1.82) is 0 Å². The third-order valence-electron chi connectivity index (χ3n) is 4.20. The van der Waals surface area contributed by atoms with Crippen LogP contribution in [-0.2, 0) is 26.1 Å². The van der Waals surface area contributed by atoms with Crippen LogP contribution in [0.5, 0.6) is 0 Å². The number of anilines is 1.